The Labute approximate surface area is 144 Å². The Kier molecular flexibility index (Phi) is 4.02. The van der Waals surface area contributed by atoms with Gasteiger partial charge in [0.15, 0.2) is 0 Å². The lowest BCUT2D eigenvalue weighted by molar-refractivity contribution is 0.0618. The number of H-pyrrole nitrogens is 1. The maximum absolute atomic E-state index is 12.6. The molecular formula is C18H21N3O4. The van der Waals surface area contributed by atoms with Gasteiger partial charge >= 0.3 is 5.69 Å². The van der Waals surface area contributed by atoms with Crippen LogP contribution in [0.2, 0.25) is 0 Å². The maximum atomic E-state index is 12.6. The normalized spacial score (nSPS) is 18.2. The minimum absolute atomic E-state index is 0.0972. The van der Waals surface area contributed by atoms with Crippen LogP contribution in [0.3, 0.4) is 0 Å². The summed E-state index contributed by atoms with van der Waals surface area (Å²) in [5.41, 5.74) is 0.135. The SMILES string of the molecule is Cc1ccc2c(c1)OC(C)(C)C[C@@H]2NC(=O)c1cn(C)c(=O)[nH]c1=O. The molecule has 25 heavy (non-hydrogen) atoms. The van der Waals surface area contributed by atoms with E-state index in [-0.39, 0.29) is 11.6 Å². The molecule has 2 N–H and O–H groups in total. The van der Waals surface area contributed by atoms with Crippen LogP contribution in [0.5, 0.6) is 5.75 Å². The first-order valence-electron chi connectivity index (χ1n) is 8.07. The lowest BCUT2D eigenvalue weighted by Gasteiger charge is -2.38. The van der Waals surface area contributed by atoms with E-state index < -0.39 is 22.8 Å². The molecule has 0 radical (unpaired) electrons. The number of rotatable bonds is 2. The molecule has 3 rings (SSSR count). The van der Waals surface area contributed by atoms with E-state index >= 15 is 0 Å². The maximum Gasteiger partial charge on any atom is 0.328 e. The predicted octanol–water partition coefficient (Wildman–Crippen LogP) is 1.41. The molecule has 2 heterocycles. The molecule has 0 aliphatic carbocycles. The Hall–Kier alpha value is -2.83. The molecule has 7 nitrogen and oxygen atoms in total. The van der Waals surface area contributed by atoms with E-state index in [9.17, 15) is 14.4 Å². The van der Waals surface area contributed by atoms with Gasteiger partial charge in [-0.25, -0.2) is 4.79 Å². The number of fused-ring (bicyclic) bond motifs is 1. The number of aromatic nitrogens is 2. The molecule has 1 aliphatic heterocycles. The van der Waals surface area contributed by atoms with Gasteiger partial charge in [-0.05, 0) is 32.4 Å². The number of aromatic amines is 1. The molecule has 132 valence electrons. The van der Waals surface area contributed by atoms with E-state index in [0.29, 0.717) is 6.42 Å². The van der Waals surface area contributed by atoms with Gasteiger partial charge in [0.25, 0.3) is 11.5 Å². The summed E-state index contributed by atoms with van der Waals surface area (Å²) in [5, 5.41) is 2.90. The van der Waals surface area contributed by atoms with Crippen LogP contribution in [-0.4, -0.2) is 21.1 Å². The van der Waals surface area contributed by atoms with E-state index in [2.05, 4.69) is 10.3 Å². The van der Waals surface area contributed by atoms with Crippen LogP contribution in [0.4, 0.5) is 0 Å². The van der Waals surface area contributed by atoms with Gasteiger partial charge in [0.05, 0.1) is 6.04 Å². The molecule has 0 spiro atoms. The fourth-order valence-corrected chi connectivity index (χ4v) is 3.05. The van der Waals surface area contributed by atoms with Crippen molar-refractivity contribution in [1.82, 2.24) is 14.9 Å². The van der Waals surface area contributed by atoms with E-state index in [4.69, 9.17) is 4.74 Å². The molecular weight excluding hydrogens is 322 g/mol. The standard InChI is InChI=1S/C18H21N3O4/c1-10-5-6-11-13(8-18(2,3)25-14(11)7-10)19-15(22)12-9-21(4)17(24)20-16(12)23/h5-7,9,13H,8H2,1-4H3,(H,19,22)(H,20,23,24)/t13-/m0/s1. The van der Waals surface area contributed by atoms with Crippen molar-refractivity contribution < 1.29 is 9.53 Å². The Morgan fingerprint density at radius 3 is 2.80 bits per heavy atom. The van der Waals surface area contributed by atoms with Crippen molar-refractivity contribution in [2.75, 3.05) is 0 Å². The van der Waals surface area contributed by atoms with Crippen molar-refractivity contribution in [3.63, 3.8) is 0 Å². The predicted molar refractivity (Wildman–Crippen MR) is 93.0 cm³/mol. The molecule has 1 amide bonds. The summed E-state index contributed by atoms with van der Waals surface area (Å²) in [6.07, 6.45) is 1.81. The van der Waals surface area contributed by atoms with E-state index in [1.807, 2.05) is 39.0 Å². The van der Waals surface area contributed by atoms with Gasteiger partial charge in [0.2, 0.25) is 0 Å². The fourth-order valence-electron chi connectivity index (χ4n) is 3.05. The van der Waals surface area contributed by atoms with Crippen LogP contribution in [0, 0.1) is 6.92 Å². The number of hydrogen-bond acceptors (Lipinski definition) is 4. The fraction of sp³-hybridized carbons (Fsp3) is 0.389. The minimum Gasteiger partial charge on any atom is -0.487 e. The molecule has 0 saturated carbocycles. The Bertz CT molecular complexity index is 956. The van der Waals surface area contributed by atoms with Gasteiger partial charge in [-0.1, -0.05) is 12.1 Å². The van der Waals surface area contributed by atoms with Crippen LogP contribution >= 0.6 is 0 Å². The second kappa shape index (κ2) is 5.91. The zero-order chi connectivity index (χ0) is 18.4. The second-order valence-corrected chi connectivity index (χ2v) is 7.05. The molecule has 1 aliphatic rings. The zero-order valence-electron chi connectivity index (χ0n) is 14.7. The smallest absolute Gasteiger partial charge is 0.328 e. The third-order valence-corrected chi connectivity index (χ3v) is 4.28. The summed E-state index contributed by atoms with van der Waals surface area (Å²) in [6.45, 7) is 5.88. The van der Waals surface area contributed by atoms with Crippen molar-refractivity contribution in [3.8, 4) is 5.75 Å². The third kappa shape index (κ3) is 3.35. The number of amides is 1. The largest absolute Gasteiger partial charge is 0.487 e. The molecule has 1 aromatic carbocycles. The Balaban J connectivity index is 1.95. The molecule has 2 aromatic rings. The number of benzene rings is 1. The van der Waals surface area contributed by atoms with Gasteiger partial charge in [-0.3, -0.25) is 14.6 Å². The lowest BCUT2D eigenvalue weighted by atomic mass is 9.89. The number of ether oxygens (including phenoxy) is 1. The molecule has 7 heteroatoms. The van der Waals surface area contributed by atoms with Crippen molar-refractivity contribution in [2.24, 2.45) is 7.05 Å². The highest BCUT2D eigenvalue weighted by atomic mass is 16.5. The summed E-state index contributed by atoms with van der Waals surface area (Å²) in [4.78, 5) is 38.1. The van der Waals surface area contributed by atoms with Crippen molar-refractivity contribution >= 4 is 5.91 Å². The average Bonchev–Trinajstić information content (AvgIpc) is 2.49. The number of nitrogens with one attached hydrogen (secondary N) is 2. The number of hydrogen-bond donors (Lipinski definition) is 2. The van der Waals surface area contributed by atoms with Crippen LogP contribution in [0.25, 0.3) is 0 Å². The first-order valence-corrected chi connectivity index (χ1v) is 8.07. The van der Waals surface area contributed by atoms with Crippen LogP contribution < -0.4 is 21.3 Å². The highest BCUT2D eigenvalue weighted by Gasteiger charge is 2.35. The molecule has 0 bridgehead atoms. The van der Waals surface area contributed by atoms with Crippen LogP contribution in [0.1, 0.15) is 47.8 Å². The summed E-state index contributed by atoms with van der Waals surface area (Å²) in [5.74, 6) is 0.210. The first-order chi connectivity index (χ1) is 11.7. The summed E-state index contributed by atoms with van der Waals surface area (Å²) >= 11 is 0. The van der Waals surface area contributed by atoms with Gasteiger partial charge in [-0.15, -0.1) is 0 Å². The van der Waals surface area contributed by atoms with Crippen molar-refractivity contribution in [1.29, 1.82) is 0 Å². The van der Waals surface area contributed by atoms with Gasteiger partial charge in [0.1, 0.15) is 16.9 Å². The summed E-state index contributed by atoms with van der Waals surface area (Å²) < 4.78 is 7.18. The minimum atomic E-state index is -0.698. The third-order valence-electron chi connectivity index (χ3n) is 4.28. The molecule has 0 unspecified atom stereocenters. The summed E-state index contributed by atoms with van der Waals surface area (Å²) in [6, 6.07) is 5.53. The van der Waals surface area contributed by atoms with Gasteiger partial charge < -0.3 is 14.6 Å². The number of aryl methyl sites for hydroxylation is 2. The lowest BCUT2D eigenvalue weighted by Crippen LogP contribution is -2.43. The summed E-state index contributed by atoms with van der Waals surface area (Å²) in [7, 11) is 1.48. The first kappa shape index (κ1) is 17.0. The monoisotopic (exact) mass is 343 g/mol. The quantitative estimate of drug-likeness (QED) is 0.862. The zero-order valence-corrected chi connectivity index (χ0v) is 14.7. The van der Waals surface area contributed by atoms with Crippen LogP contribution in [-0.2, 0) is 7.05 Å². The number of carbonyl (C=O) groups is 1. The Morgan fingerprint density at radius 1 is 1.36 bits per heavy atom. The average molecular weight is 343 g/mol. The molecule has 1 aromatic heterocycles. The Morgan fingerprint density at radius 2 is 2.08 bits per heavy atom. The second-order valence-electron chi connectivity index (χ2n) is 7.05. The van der Waals surface area contributed by atoms with Gasteiger partial charge in [-0.2, -0.15) is 0 Å². The highest BCUT2D eigenvalue weighted by Crippen LogP contribution is 2.39. The molecule has 0 saturated heterocycles. The van der Waals surface area contributed by atoms with Crippen molar-refractivity contribution in [2.45, 2.75) is 38.8 Å². The number of nitrogens with zero attached hydrogens (tertiary/aromatic N) is 1. The molecule has 0 fully saturated rings. The van der Waals surface area contributed by atoms with E-state index in [1.54, 1.807) is 0 Å². The highest BCUT2D eigenvalue weighted by molar-refractivity contribution is 5.93. The molecule has 1 atom stereocenters. The van der Waals surface area contributed by atoms with Gasteiger partial charge in [0, 0.05) is 25.2 Å². The topological polar surface area (TPSA) is 93.2 Å². The van der Waals surface area contributed by atoms with E-state index in [0.717, 1.165) is 16.9 Å². The van der Waals surface area contributed by atoms with Crippen molar-refractivity contribution in [3.05, 3.63) is 61.9 Å². The van der Waals surface area contributed by atoms with Crippen LogP contribution in [0.15, 0.2) is 34.0 Å². The number of carbonyl (C=O) groups excluding carboxylic acids is 1. The van der Waals surface area contributed by atoms with E-state index in [1.165, 1.54) is 17.8 Å².